The van der Waals surface area contributed by atoms with Crippen molar-refractivity contribution in [3.8, 4) is 5.75 Å². The van der Waals surface area contributed by atoms with Gasteiger partial charge in [0.05, 0.1) is 18.8 Å². The highest BCUT2D eigenvalue weighted by Gasteiger charge is 2.17. The molecule has 0 atom stereocenters. The van der Waals surface area contributed by atoms with Crippen LogP contribution in [0.15, 0.2) is 41.3 Å². The van der Waals surface area contributed by atoms with Gasteiger partial charge >= 0.3 is 0 Å². The van der Waals surface area contributed by atoms with Crippen LogP contribution in [0.2, 0.25) is 0 Å². The van der Waals surface area contributed by atoms with E-state index in [9.17, 15) is 0 Å². The molecule has 0 aliphatic carbocycles. The Hall–Kier alpha value is -2.56. The molecule has 0 unspecified atom stereocenters. The summed E-state index contributed by atoms with van der Waals surface area (Å²) in [6.45, 7) is 5.02. The van der Waals surface area contributed by atoms with Gasteiger partial charge in [0.2, 0.25) is 5.71 Å². The number of furan rings is 1. The highest BCUT2D eigenvalue weighted by molar-refractivity contribution is 5.91. The summed E-state index contributed by atoms with van der Waals surface area (Å²) in [5.74, 6) is 1.72. The molecule has 0 spiro atoms. The van der Waals surface area contributed by atoms with E-state index in [4.69, 9.17) is 9.15 Å². The Balaban J connectivity index is 2.11. The van der Waals surface area contributed by atoms with Gasteiger partial charge in [-0.15, -0.1) is 0 Å². The SMILES string of the molecule is CCCN(c1ccc(OC)cc1)c1ncnc2occ(C)c12. The number of fused-ring (bicyclic) bond motifs is 1. The van der Waals surface area contributed by atoms with Crippen molar-refractivity contribution in [1.82, 2.24) is 9.97 Å². The minimum Gasteiger partial charge on any atom is -0.497 e. The lowest BCUT2D eigenvalue weighted by Crippen LogP contribution is -2.19. The highest BCUT2D eigenvalue weighted by Crippen LogP contribution is 2.33. The fourth-order valence-electron chi connectivity index (χ4n) is 2.55. The van der Waals surface area contributed by atoms with E-state index in [-0.39, 0.29) is 0 Å². The minimum atomic E-state index is 0.622. The lowest BCUT2D eigenvalue weighted by molar-refractivity contribution is 0.415. The number of nitrogens with zero attached hydrogens (tertiary/aromatic N) is 3. The second-order valence-electron chi connectivity index (χ2n) is 5.15. The lowest BCUT2D eigenvalue weighted by atomic mass is 10.2. The van der Waals surface area contributed by atoms with Crippen molar-refractivity contribution in [2.75, 3.05) is 18.6 Å². The molecule has 0 aliphatic heterocycles. The van der Waals surface area contributed by atoms with Crippen molar-refractivity contribution < 1.29 is 9.15 Å². The molecule has 0 bridgehead atoms. The summed E-state index contributed by atoms with van der Waals surface area (Å²) in [5, 5.41) is 0.965. The zero-order valence-electron chi connectivity index (χ0n) is 13.0. The third kappa shape index (κ3) is 2.50. The summed E-state index contributed by atoms with van der Waals surface area (Å²) >= 11 is 0. The molecule has 0 amide bonds. The molecule has 1 aromatic carbocycles. The van der Waals surface area contributed by atoms with E-state index in [0.717, 1.165) is 41.2 Å². The monoisotopic (exact) mass is 297 g/mol. The number of hydrogen-bond acceptors (Lipinski definition) is 5. The van der Waals surface area contributed by atoms with Crippen LogP contribution in [-0.4, -0.2) is 23.6 Å². The van der Waals surface area contributed by atoms with Crippen LogP contribution in [0.4, 0.5) is 11.5 Å². The first-order valence-corrected chi connectivity index (χ1v) is 7.35. The van der Waals surface area contributed by atoms with Gasteiger partial charge in [-0.05, 0) is 37.6 Å². The standard InChI is InChI=1S/C17H19N3O2/c1-4-9-20(13-5-7-14(21-3)8-6-13)16-15-12(2)10-22-17(15)19-11-18-16/h5-8,10-11H,4,9H2,1-3H3. The molecule has 0 fully saturated rings. The second kappa shape index (κ2) is 6.05. The first-order valence-electron chi connectivity index (χ1n) is 7.35. The summed E-state index contributed by atoms with van der Waals surface area (Å²) in [7, 11) is 1.67. The first kappa shape index (κ1) is 14.4. The summed E-state index contributed by atoms with van der Waals surface area (Å²) in [6.07, 6.45) is 4.28. The average Bonchev–Trinajstić information content (AvgIpc) is 2.94. The molecule has 5 nitrogen and oxygen atoms in total. The van der Waals surface area contributed by atoms with E-state index in [1.165, 1.54) is 0 Å². The number of rotatable bonds is 5. The van der Waals surface area contributed by atoms with Gasteiger partial charge in [0.1, 0.15) is 17.9 Å². The molecular weight excluding hydrogens is 278 g/mol. The van der Waals surface area contributed by atoms with Crippen molar-refractivity contribution >= 4 is 22.6 Å². The van der Waals surface area contributed by atoms with Crippen LogP contribution in [-0.2, 0) is 0 Å². The zero-order valence-corrected chi connectivity index (χ0v) is 13.0. The quantitative estimate of drug-likeness (QED) is 0.710. The number of hydrogen-bond donors (Lipinski definition) is 0. The third-order valence-electron chi connectivity index (χ3n) is 3.62. The smallest absolute Gasteiger partial charge is 0.231 e. The third-order valence-corrected chi connectivity index (χ3v) is 3.62. The van der Waals surface area contributed by atoms with Gasteiger partial charge in [0, 0.05) is 17.8 Å². The Morgan fingerprint density at radius 3 is 2.64 bits per heavy atom. The summed E-state index contributed by atoms with van der Waals surface area (Å²) in [6, 6.07) is 7.99. The molecule has 114 valence electrons. The Kier molecular flexibility index (Phi) is 3.96. The molecule has 0 aliphatic rings. The van der Waals surface area contributed by atoms with Crippen LogP contribution < -0.4 is 9.64 Å². The van der Waals surface area contributed by atoms with Gasteiger partial charge in [-0.25, -0.2) is 9.97 Å². The maximum Gasteiger partial charge on any atom is 0.231 e. The molecule has 3 rings (SSSR count). The molecule has 2 heterocycles. The van der Waals surface area contributed by atoms with Gasteiger partial charge in [0.25, 0.3) is 0 Å². The van der Waals surface area contributed by atoms with E-state index < -0.39 is 0 Å². The van der Waals surface area contributed by atoms with Crippen LogP contribution in [0.25, 0.3) is 11.1 Å². The fraction of sp³-hybridized carbons (Fsp3) is 0.294. The minimum absolute atomic E-state index is 0.622. The molecule has 3 aromatic rings. The van der Waals surface area contributed by atoms with Crippen LogP contribution in [0.1, 0.15) is 18.9 Å². The largest absolute Gasteiger partial charge is 0.497 e. The van der Waals surface area contributed by atoms with Gasteiger partial charge in [-0.1, -0.05) is 6.92 Å². The van der Waals surface area contributed by atoms with Crippen LogP contribution in [0, 0.1) is 6.92 Å². The van der Waals surface area contributed by atoms with E-state index in [1.54, 1.807) is 19.7 Å². The first-order chi connectivity index (χ1) is 10.7. The number of anilines is 2. The zero-order chi connectivity index (χ0) is 15.5. The van der Waals surface area contributed by atoms with Crippen LogP contribution in [0.3, 0.4) is 0 Å². The topological polar surface area (TPSA) is 51.4 Å². The van der Waals surface area contributed by atoms with E-state index in [1.807, 2.05) is 31.2 Å². The Morgan fingerprint density at radius 2 is 1.95 bits per heavy atom. The Labute approximate surface area is 129 Å². The van der Waals surface area contributed by atoms with E-state index in [2.05, 4.69) is 21.8 Å². The number of methoxy groups -OCH3 is 1. The number of benzene rings is 1. The molecule has 0 radical (unpaired) electrons. The predicted molar refractivity (Wildman–Crippen MR) is 86.8 cm³/mol. The maximum absolute atomic E-state index is 5.49. The highest BCUT2D eigenvalue weighted by atomic mass is 16.5. The van der Waals surface area contributed by atoms with Crippen molar-refractivity contribution in [2.45, 2.75) is 20.3 Å². The summed E-state index contributed by atoms with van der Waals surface area (Å²) < 4.78 is 10.7. The molecule has 0 N–H and O–H groups in total. The van der Waals surface area contributed by atoms with Crippen molar-refractivity contribution in [3.63, 3.8) is 0 Å². The molecule has 0 saturated carbocycles. The number of aromatic nitrogens is 2. The van der Waals surface area contributed by atoms with E-state index in [0.29, 0.717) is 5.71 Å². The lowest BCUT2D eigenvalue weighted by Gasteiger charge is -2.24. The van der Waals surface area contributed by atoms with Crippen molar-refractivity contribution in [2.24, 2.45) is 0 Å². The molecule has 0 saturated heterocycles. The van der Waals surface area contributed by atoms with Crippen LogP contribution >= 0.6 is 0 Å². The summed E-state index contributed by atoms with van der Waals surface area (Å²) in [5.41, 5.74) is 2.74. The van der Waals surface area contributed by atoms with Gasteiger partial charge < -0.3 is 14.1 Å². The number of aryl methyl sites for hydroxylation is 1. The Morgan fingerprint density at radius 1 is 1.18 bits per heavy atom. The van der Waals surface area contributed by atoms with Crippen molar-refractivity contribution in [1.29, 1.82) is 0 Å². The van der Waals surface area contributed by atoms with E-state index >= 15 is 0 Å². The molecular formula is C17H19N3O2. The molecule has 5 heteroatoms. The summed E-state index contributed by atoms with van der Waals surface area (Å²) in [4.78, 5) is 10.9. The molecule has 2 aromatic heterocycles. The molecule has 22 heavy (non-hydrogen) atoms. The van der Waals surface area contributed by atoms with Crippen molar-refractivity contribution in [3.05, 3.63) is 42.4 Å². The Bertz CT molecular complexity index is 765. The number of ether oxygens (including phenoxy) is 1. The van der Waals surface area contributed by atoms with Gasteiger partial charge in [0.15, 0.2) is 0 Å². The second-order valence-corrected chi connectivity index (χ2v) is 5.15. The predicted octanol–water partition coefficient (Wildman–Crippen LogP) is 4.09. The normalized spacial score (nSPS) is 10.9. The van der Waals surface area contributed by atoms with Crippen LogP contribution in [0.5, 0.6) is 5.75 Å². The fourth-order valence-corrected chi connectivity index (χ4v) is 2.55. The van der Waals surface area contributed by atoms with Gasteiger partial charge in [-0.3, -0.25) is 0 Å². The average molecular weight is 297 g/mol. The van der Waals surface area contributed by atoms with Gasteiger partial charge in [-0.2, -0.15) is 0 Å². The maximum atomic E-state index is 5.49.